The number of halogens is 1. The second kappa shape index (κ2) is 7.01. The van der Waals surface area contributed by atoms with Crippen molar-refractivity contribution >= 4 is 46.0 Å². The van der Waals surface area contributed by atoms with Crippen molar-refractivity contribution in [2.24, 2.45) is 5.10 Å². The van der Waals surface area contributed by atoms with E-state index in [0.29, 0.717) is 11.0 Å². The van der Waals surface area contributed by atoms with Crippen molar-refractivity contribution in [1.82, 2.24) is 9.97 Å². The first-order chi connectivity index (χ1) is 12.3. The molecule has 0 fully saturated rings. The van der Waals surface area contributed by atoms with E-state index < -0.39 is 0 Å². The molecule has 4 nitrogen and oxygen atoms in total. The number of nitrogens with zero attached hydrogens (tertiary/aromatic N) is 3. The zero-order chi connectivity index (χ0) is 17.1. The lowest BCUT2D eigenvalue weighted by Gasteiger charge is -2.08. The van der Waals surface area contributed by atoms with Gasteiger partial charge in [0.15, 0.2) is 0 Å². The summed E-state index contributed by atoms with van der Waals surface area (Å²) < 4.78 is 0. The smallest absolute Gasteiger partial charge is 0.244 e. The quantitative estimate of drug-likeness (QED) is 0.386. The molecule has 2 aromatic carbocycles. The SMILES string of the molecule is Clc1ccc2nc(N/N=C\c3cccs3)nc(-c3ccccc3)c2c1. The third-order valence-electron chi connectivity index (χ3n) is 3.60. The van der Waals surface area contributed by atoms with Gasteiger partial charge in [-0.3, -0.25) is 0 Å². The molecule has 6 heteroatoms. The molecule has 4 aromatic rings. The predicted molar refractivity (Wildman–Crippen MR) is 106 cm³/mol. The van der Waals surface area contributed by atoms with Crippen LogP contribution in [0, 0.1) is 0 Å². The van der Waals surface area contributed by atoms with E-state index >= 15 is 0 Å². The van der Waals surface area contributed by atoms with E-state index in [2.05, 4.69) is 20.5 Å². The van der Waals surface area contributed by atoms with Gasteiger partial charge >= 0.3 is 0 Å². The van der Waals surface area contributed by atoms with Gasteiger partial charge in [-0.1, -0.05) is 48.0 Å². The normalized spacial score (nSPS) is 11.2. The summed E-state index contributed by atoms with van der Waals surface area (Å²) in [5.41, 5.74) is 5.56. The Labute approximate surface area is 153 Å². The predicted octanol–water partition coefficient (Wildman–Crippen LogP) is 5.46. The number of fused-ring (bicyclic) bond motifs is 1. The van der Waals surface area contributed by atoms with Crippen LogP contribution in [0.15, 0.2) is 71.1 Å². The van der Waals surface area contributed by atoms with Crippen molar-refractivity contribution < 1.29 is 0 Å². The number of thiophene rings is 1. The van der Waals surface area contributed by atoms with Crippen LogP contribution >= 0.6 is 22.9 Å². The highest BCUT2D eigenvalue weighted by Crippen LogP contribution is 2.29. The van der Waals surface area contributed by atoms with E-state index in [-0.39, 0.29) is 0 Å². The fourth-order valence-corrected chi connectivity index (χ4v) is 3.24. The first-order valence-electron chi connectivity index (χ1n) is 7.65. The van der Waals surface area contributed by atoms with Gasteiger partial charge in [-0.05, 0) is 29.6 Å². The Bertz CT molecular complexity index is 1030. The molecule has 0 aliphatic carbocycles. The molecule has 2 aromatic heterocycles. The summed E-state index contributed by atoms with van der Waals surface area (Å²) >= 11 is 7.78. The summed E-state index contributed by atoms with van der Waals surface area (Å²) in [6.07, 6.45) is 1.75. The fourth-order valence-electron chi connectivity index (χ4n) is 2.49. The largest absolute Gasteiger partial charge is 0.245 e. The topological polar surface area (TPSA) is 50.2 Å². The van der Waals surface area contributed by atoms with E-state index in [1.807, 2.05) is 66.0 Å². The molecule has 0 amide bonds. The number of nitrogens with one attached hydrogen (secondary N) is 1. The summed E-state index contributed by atoms with van der Waals surface area (Å²) in [5.74, 6) is 0.446. The fraction of sp³-hybridized carbons (Fsp3) is 0. The number of rotatable bonds is 4. The summed E-state index contributed by atoms with van der Waals surface area (Å²) in [6.45, 7) is 0. The molecule has 0 radical (unpaired) electrons. The van der Waals surface area contributed by atoms with E-state index in [9.17, 15) is 0 Å². The maximum atomic E-state index is 6.17. The molecule has 0 spiro atoms. The number of anilines is 1. The van der Waals surface area contributed by atoms with Crippen LogP contribution in [0.4, 0.5) is 5.95 Å². The van der Waals surface area contributed by atoms with Crippen LogP contribution in [0.2, 0.25) is 5.02 Å². The second-order valence-corrected chi connectivity index (χ2v) is 6.72. The van der Waals surface area contributed by atoms with Crippen LogP contribution < -0.4 is 5.43 Å². The van der Waals surface area contributed by atoms with Gasteiger partial charge in [0, 0.05) is 20.8 Å². The number of benzene rings is 2. The first-order valence-corrected chi connectivity index (χ1v) is 8.91. The Morgan fingerprint density at radius 2 is 1.88 bits per heavy atom. The molecule has 0 bridgehead atoms. The molecule has 0 aliphatic rings. The Morgan fingerprint density at radius 3 is 2.68 bits per heavy atom. The van der Waals surface area contributed by atoms with Crippen LogP contribution in [-0.2, 0) is 0 Å². The Morgan fingerprint density at radius 1 is 1.00 bits per heavy atom. The van der Waals surface area contributed by atoms with E-state index in [4.69, 9.17) is 11.6 Å². The van der Waals surface area contributed by atoms with Gasteiger partial charge in [0.1, 0.15) is 0 Å². The first kappa shape index (κ1) is 15.7. The van der Waals surface area contributed by atoms with Gasteiger partial charge in [-0.25, -0.2) is 15.4 Å². The van der Waals surface area contributed by atoms with Crippen molar-refractivity contribution in [1.29, 1.82) is 0 Å². The minimum absolute atomic E-state index is 0.446. The van der Waals surface area contributed by atoms with Gasteiger partial charge in [0.25, 0.3) is 0 Å². The Hall–Kier alpha value is -2.76. The molecule has 4 rings (SSSR count). The van der Waals surface area contributed by atoms with Crippen molar-refractivity contribution in [3.8, 4) is 11.3 Å². The minimum atomic E-state index is 0.446. The average molecular weight is 365 g/mol. The zero-order valence-electron chi connectivity index (χ0n) is 13.1. The second-order valence-electron chi connectivity index (χ2n) is 5.31. The molecule has 0 unspecified atom stereocenters. The van der Waals surface area contributed by atoms with Gasteiger partial charge in [0.05, 0.1) is 17.4 Å². The van der Waals surface area contributed by atoms with Gasteiger partial charge in [0.2, 0.25) is 5.95 Å². The highest BCUT2D eigenvalue weighted by molar-refractivity contribution is 7.11. The third kappa shape index (κ3) is 3.52. The minimum Gasteiger partial charge on any atom is -0.245 e. The molecule has 0 atom stereocenters. The van der Waals surface area contributed by atoms with Crippen LogP contribution in [0.1, 0.15) is 4.88 Å². The van der Waals surface area contributed by atoms with E-state index in [0.717, 1.165) is 27.0 Å². The van der Waals surface area contributed by atoms with Crippen molar-refractivity contribution in [2.45, 2.75) is 0 Å². The number of hydrogen-bond donors (Lipinski definition) is 1. The lowest BCUT2D eigenvalue weighted by atomic mass is 10.1. The number of hydrogen-bond acceptors (Lipinski definition) is 5. The summed E-state index contributed by atoms with van der Waals surface area (Å²) in [7, 11) is 0. The molecule has 1 N–H and O–H groups in total. The summed E-state index contributed by atoms with van der Waals surface area (Å²) in [5, 5.41) is 7.80. The van der Waals surface area contributed by atoms with E-state index in [1.54, 1.807) is 17.6 Å². The van der Waals surface area contributed by atoms with Crippen LogP contribution in [0.3, 0.4) is 0 Å². The Kier molecular flexibility index (Phi) is 4.41. The van der Waals surface area contributed by atoms with Crippen molar-refractivity contribution in [2.75, 3.05) is 5.43 Å². The van der Waals surface area contributed by atoms with Crippen LogP contribution in [0.5, 0.6) is 0 Å². The van der Waals surface area contributed by atoms with Crippen molar-refractivity contribution in [3.63, 3.8) is 0 Å². The summed E-state index contributed by atoms with van der Waals surface area (Å²) in [6, 6.07) is 19.5. The molecule has 0 saturated carbocycles. The summed E-state index contributed by atoms with van der Waals surface area (Å²) in [4.78, 5) is 10.2. The highest BCUT2D eigenvalue weighted by atomic mass is 35.5. The van der Waals surface area contributed by atoms with Gasteiger partial charge < -0.3 is 0 Å². The molecular formula is C19H13ClN4S. The van der Waals surface area contributed by atoms with E-state index in [1.165, 1.54) is 0 Å². The third-order valence-corrected chi connectivity index (χ3v) is 4.65. The van der Waals surface area contributed by atoms with Crippen molar-refractivity contribution in [3.05, 3.63) is 75.9 Å². The monoisotopic (exact) mass is 364 g/mol. The average Bonchev–Trinajstić information content (AvgIpc) is 3.15. The van der Waals surface area contributed by atoms with Gasteiger partial charge in [-0.15, -0.1) is 11.3 Å². The molecular weight excluding hydrogens is 352 g/mol. The molecule has 122 valence electrons. The number of aromatic nitrogens is 2. The van der Waals surface area contributed by atoms with Crippen LogP contribution in [-0.4, -0.2) is 16.2 Å². The maximum Gasteiger partial charge on any atom is 0.244 e. The molecule has 0 aliphatic heterocycles. The lowest BCUT2D eigenvalue weighted by molar-refractivity contribution is 1.16. The maximum absolute atomic E-state index is 6.17. The Balaban J connectivity index is 1.77. The van der Waals surface area contributed by atoms with Gasteiger partial charge in [-0.2, -0.15) is 5.10 Å². The lowest BCUT2D eigenvalue weighted by Crippen LogP contribution is -1.99. The zero-order valence-corrected chi connectivity index (χ0v) is 14.6. The molecule has 2 heterocycles. The molecule has 25 heavy (non-hydrogen) atoms. The highest BCUT2D eigenvalue weighted by Gasteiger charge is 2.10. The number of hydrazone groups is 1. The van der Waals surface area contributed by atoms with Crippen LogP contribution in [0.25, 0.3) is 22.2 Å². The molecule has 0 saturated heterocycles. The standard InChI is InChI=1S/C19H13ClN4S/c20-14-8-9-17-16(11-14)18(13-5-2-1-3-6-13)23-19(22-17)24-21-12-15-7-4-10-25-15/h1-12H,(H,22,23,24)/b21-12-.